The number of carbonyl (C=O) groups excluding carboxylic acids is 2. The lowest BCUT2D eigenvalue weighted by molar-refractivity contribution is -0.142. The number of ether oxygens (including phenoxy) is 2. The molecule has 5 aromatic rings. The van der Waals surface area contributed by atoms with Gasteiger partial charge in [-0.05, 0) is 64.4 Å². The van der Waals surface area contributed by atoms with E-state index in [0.29, 0.717) is 22.2 Å². The van der Waals surface area contributed by atoms with Crippen LogP contribution in [0.25, 0.3) is 38.8 Å². The second kappa shape index (κ2) is 11.8. The van der Waals surface area contributed by atoms with Crippen LogP contribution in [-0.4, -0.2) is 55.5 Å². The smallest absolute Gasteiger partial charge is 0.435 e. The normalized spacial score (nSPS) is 12.1. The number of benzene rings is 1. The summed E-state index contributed by atoms with van der Waals surface area (Å²) in [5.41, 5.74) is 0.0723. The molecule has 0 unspecified atom stereocenters. The van der Waals surface area contributed by atoms with E-state index in [-0.39, 0.29) is 47.4 Å². The van der Waals surface area contributed by atoms with E-state index in [0.717, 1.165) is 16.9 Å². The first-order valence-corrected chi connectivity index (χ1v) is 14.1. The van der Waals surface area contributed by atoms with Gasteiger partial charge in [0, 0.05) is 47.8 Å². The Morgan fingerprint density at radius 2 is 1.82 bits per heavy atom. The SMILES string of the molecule is CCOC(=O)Cc1cncc(-c2cnc3[nH]c4c(N(CC)C(=O)OC(C)(C)C)cc(F)cc4c3c2-n2ccc(C(F)(F)F)n2)c1. The number of hydrogen-bond acceptors (Lipinski definition) is 7. The molecule has 14 heteroatoms. The number of carbonyl (C=O) groups is 2. The third kappa shape index (κ3) is 6.44. The van der Waals surface area contributed by atoms with Crippen LogP contribution in [0.15, 0.2) is 49.1 Å². The summed E-state index contributed by atoms with van der Waals surface area (Å²) in [6.07, 6.45) is -0.00568. The highest BCUT2D eigenvalue weighted by Gasteiger charge is 2.34. The maximum absolute atomic E-state index is 15.3. The summed E-state index contributed by atoms with van der Waals surface area (Å²) in [6, 6.07) is 4.85. The van der Waals surface area contributed by atoms with Crippen LogP contribution in [0.3, 0.4) is 0 Å². The molecular formula is C31H30F4N6O4. The highest BCUT2D eigenvalue weighted by Crippen LogP contribution is 2.40. The molecule has 10 nitrogen and oxygen atoms in total. The quantitative estimate of drug-likeness (QED) is 0.153. The van der Waals surface area contributed by atoms with Crippen molar-refractivity contribution in [2.75, 3.05) is 18.1 Å². The number of alkyl halides is 3. The fourth-order valence-corrected chi connectivity index (χ4v) is 4.98. The number of amides is 1. The summed E-state index contributed by atoms with van der Waals surface area (Å²) < 4.78 is 67.9. The molecule has 4 aromatic heterocycles. The van der Waals surface area contributed by atoms with Crippen LogP contribution in [0.1, 0.15) is 45.9 Å². The lowest BCUT2D eigenvalue weighted by atomic mass is 10.0. The molecule has 0 fully saturated rings. The van der Waals surface area contributed by atoms with Gasteiger partial charge in [0.05, 0.1) is 35.3 Å². The molecule has 1 aromatic carbocycles. The van der Waals surface area contributed by atoms with Gasteiger partial charge in [-0.15, -0.1) is 0 Å². The van der Waals surface area contributed by atoms with E-state index in [9.17, 15) is 22.8 Å². The van der Waals surface area contributed by atoms with Crippen molar-refractivity contribution in [3.63, 3.8) is 0 Å². The van der Waals surface area contributed by atoms with E-state index >= 15 is 4.39 Å². The number of nitrogens with zero attached hydrogens (tertiary/aromatic N) is 5. The summed E-state index contributed by atoms with van der Waals surface area (Å²) in [4.78, 5) is 38.4. The Labute approximate surface area is 255 Å². The average Bonchev–Trinajstić information content (AvgIpc) is 3.58. The second-order valence-corrected chi connectivity index (χ2v) is 11.1. The van der Waals surface area contributed by atoms with Crippen LogP contribution in [0.4, 0.5) is 28.0 Å². The topological polar surface area (TPSA) is 115 Å². The Morgan fingerprint density at radius 1 is 1.07 bits per heavy atom. The van der Waals surface area contributed by atoms with Crippen LogP contribution in [0.2, 0.25) is 0 Å². The van der Waals surface area contributed by atoms with Gasteiger partial charge in [-0.1, -0.05) is 0 Å². The zero-order valence-electron chi connectivity index (χ0n) is 25.1. The average molecular weight is 627 g/mol. The monoisotopic (exact) mass is 626 g/mol. The Kier molecular flexibility index (Phi) is 8.25. The number of pyridine rings is 2. The van der Waals surface area contributed by atoms with Crippen LogP contribution < -0.4 is 4.90 Å². The van der Waals surface area contributed by atoms with E-state index in [1.54, 1.807) is 40.7 Å². The molecule has 0 radical (unpaired) electrons. The van der Waals surface area contributed by atoms with Gasteiger partial charge in [0.15, 0.2) is 5.69 Å². The van der Waals surface area contributed by atoms with Crippen molar-refractivity contribution in [1.82, 2.24) is 24.7 Å². The van der Waals surface area contributed by atoms with Crippen LogP contribution in [0.5, 0.6) is 0 Å². The lowest BCUT2D eigenvalue weighted by Gasteiger charge is -2.27. The Bertz CT molecular complexity index is 1910. The van der Waals surface area contributed by atoms with Crippen molar-refractivity contribution in [1.29, 1.82) is 0 Å². The summed E-state index contributed by atoms with van der Waals surface area (Å²) in [7, 11) is 0. The first-order valence-electron chi connectivity index (χ1n) is 14.1. The van der Waals surface area contributed by atoms with E-state index in [2.05, 4.69) is 20.1 Å². The van der Waals surface area contributed by atoms with Crippen LogP contribution >= 0.6 is 0 Å². The fourth-order valence-electron chi connectivity index (χ4n) is 4.98. The molecule has 45 heavy (non-hydrogen) atoms. The van der Waals surface area contributed by atoms with Gasteiger partial charge in [-0.3, -0.25) is 14.7 Å². The van der Waals surface area contributed by atoms with E-state index in [1.807, 2.05) is 0 Å². The number of aromatic amines is 1. The van der Waals surface area contributed by atoms with Crippen molar-refractivity contribution >= 4 is 39.7 Å². The van der Waals surface area contributed by atoms with Crippen molar-refractivity contribution in [3.05, 3.63) is 66.1 Å². The van der Waals surface area contributed by atoms with Crippen molar-refractivity contribution in [2.24, 2.45) is 0 Å². The fraction of sp³-hybridized carbons (Fsp3) is 0.323. The maximum Gasteiger partial charge on any atom is 0.435 e. The first kappa shape index (κ1) is 31.4. The molecule has 0 saturated carbocycles. The van der Waals surface area contributed by atoms with Gasteiger partial charge in [0.1, 0.15) is 17.1 Å². The molecule has 5 rings (SSSR count). The highest BCUT2D eigenvalue weighted by molar-refractivity contribution is 6.16. The number of anilines is 1. The number of rotatable bonds is 7. The number of fused-ring (bicyclic) bond motifs is 3. The molecule has 0 aliphatic heterocycles. The third-order valence-corrected chi connectivity index (χ3v) is 6.74. The van der Waals surface area contributed by atoms with Gasteiger partial charge in [-0.2, -0.15) is 18.3 Å². The Balaban J connectivity index is 1.79. The van der Waals surface area contributed by atoms with Gasteiger partial charge in [0.2, 0.25) is 0 Å². The van der Waals surface area contributed by atoms with Crippen molar-refractivity contribution in [3.8, 4) is 16.8 Å². The summed E-state index contributed by atoms with van der Waals surface area (Å²) in [5, 5.41) is 4.30. The van der Waals surface area contributed by atoms with Gasteiger partial charge < -0.3 is 14.5 Å². The van der Waals surface area contributed by atoms with Gasteiger partial charge in [-0.25, -0.2) is 18.9 Å². The van der Waals surface area contributed by atoms with Gasteiger partial charge in [0.25, 0.3) is 0 Å². The predicted molar refractivity (Wildman–Crippen MR) is 159 cm³/mol. The first-order chi connectivity index (χ1) is 21.2. The van der Waals surface area contributed by atoms with Crippen molar-refractivity contribution < 1.29 is 36.6 Å². The molecule has 0 bridgehead atoms. The molecule has 0 spiro atoms. The number of H-pyrrole nitrogens is 1. The molecule has 0 aliphatic carbocycles. The Hall–Kier alpha value is -5.01. The predicted octanol–water partition coefficient (Wildman–Crippen LogP) is 6.99. The summed E-state index contributed by atoms with van der Waals surface area (Å²) in [6.45, 7) is 8.82. The number of hydrogen-bond donors (Lipinski definition) is 1. The minimum absolute atomic E-state index is 0.0845. The number of halogens is 4. The highest BCUT2D eigenvalue weighted by atomic mass is 19.4. The number of nitrogens with one attached hydrogen (secondary N) is 1. The zero-order valence-corrected chi connectivity index (χ0v) is 25.1. The second-order valence-electron chi connectivity index (χ2n) is 11.1. The summed E-state index contributed by atoms with van der Waals surface area (Å²) in [5.74, 6) is -1.18. The van der Waals surface area contributed by atoms with E-state index < -0.39 is 35.4 Å². The maximum atomic E-state index is 15.3. The third-order valence-electron chi connectivity index (χ3n) is 6.74. The molecule has 4 heterocycles. The molecule has 0 aliphatic rings. The van der Waals surface area contributed by atoms with E-state index in [1.165, 1.54) is 35.6 Å². The molecule has 1 N–H and O–H groups in total. The Morgan fingerprint density at radius 3 is 2.47 bits per heavy atom. The number of esters is 1. The lowest BCUT2D eigenvalue weighted by Crippen LogP contribution is -2.37. The van der Waals surface area contributed by atoms with Crippen molar-refractivity contribution in [2.45, 2.75) is 52.8 Å². The zero-order chi connectivity index (χ0) is 32.7. The standard InChI is InChI=1S/C31H30F4N6O4/c1-6-40(29(43)45-30(3,4)5)22-13-19(32)12-20-25-27(41-9-8-23(39-41)31(33,34)35)21(16-37-28(25)38-26(20)22)18-10-17(14-36-15-18)11-24(42)44-7-2/h8-10,12-16H,6-7,11H2,1-5H3,(H,37,38). The van der Waals surface area contributed by atoms with Gasteiger partial charge >= 0.3 is 18.2 Å². The number of aromatic nitrogens is 5. The van der Waals surface area contributed by atoms with Crippen LogP contribution in [-0.2, 0) is 26.9 Å². The molecule has 0 saturated heterocycles. The largest absolute Gasteiger partial charge is 0.466 e. The minimum atomic E-state index is -4.73. The molecule has 0 atom stereocenters. The minimum Gasteiger partial charge on any atom is -0.466 e. The molecular weight excluding hydrogens is 596 g/mol. The molecule has 236 valence electrons. The van der Waals surface area contributed by atoms with E-state index in [4.69, 9.17) is 9.47 Å². The van der Waals surface area contributed by atoms with Crippen LogP contribution in [0, 0.1) is 5.82 Å². The summed E-state index contributed by atoms with van der Waals surface area (Å²) >= 11 is 0. The molecule has 1 amide bonds.